The molecule has 0 saturated heterocycles. The van der Waals surface area contributed by atoms with Crippen molar-refractivity contribution in [3.8, 4) is 6.07 Å². The minimum absolute atomic E-state index is 0.0671. The van der Waals surface area contributed by atoms with E-state index in [-0.39, 0.29) is 11.0 Å². The number of ether oxygens (including phenoxy) is 1. The van der Waals surface area contributed by atoms with Gasteiger partial charge in [-0.1, -0.05) is 26.8 Å². The first-order chi connectivity index (χ1) is 6.55. The van der Waals surface area contributed by atoms with Gasteiger partial charge >= 0.3 is 5.97 Å². The van der Waals surface area contributed by atoms with Crippen molar-refractivity contribution in [2.45, 2.75) is 47.1 Å². The maximum Gasteiger partial charge on any atom is 0.349 e. The Morgan fingerprint density at radius 1 is 1.20 bits per heavy atom. The first-order valence-corrected chi connectivity index (χ1v) is 4.91. The number of allylic oxidation sites excluding steroid dienone is 1. The van der Waals surface area contributed by atoms with E-state index in [1.165, 1.54) is 0 Å². The van der Waals surface area contributed by atoms with E-state index in [4.69, 9.17) is 10.00 Å². The molecule has 0 heterocycles. The van der Waals surface area contributed by atoms with Crippen molar-refractivity contribution in [3.63, 3.8) is 0 Å². The predicted molar refractivity (Wildman–Crippen MR) is 59.0 cm³/mol. The molecule has 0 fully saturated rings. The highest BCUT2D eigenvalue weighted by Crippen LogP contribution is 2.19. The van der Waals surface area contributed by atoms with Gasteiger partial charge in [0.15, 0.2) is 0 Å². The van der Waals surface area contributed by atoms with Crippen LogP contribution in [0.25, 0.3) is 0 Å². The molecule has 0 aromatic carbocycles. The Hall–Kier alpha value is -1.30. The van der Waals surface area contributed by atoms with Gasteiger partial charge in [0, 0.05) is 0 Å². The Balaban J connectivity index is 4.82. The van der Waals surface area contributed by atoms with Gasteiger partial charge in [0.2, 0.25) is 0 Å². The number of rotatable bonds is 1. The smallest absolute Gasteiger partial charge is 0.349 e. The maximum atomic E-state index is 11.6. The van der Waals surface area contributed by atoms with Gasteiger partial charge in [-0.25, -0.2) is 4.79 Å². The Morgan fingerprint density at radius 2 is 1.67 bits per heavy atom. The summed E-state index contributed by atoms with van der Waals surface area (Å²) in [5.74, 6) is -0.556. The van der Waals surface area contributed by atoms with Crippen LogP contribution in [0.15, 0.2) is 11.6 Å². The highest BCUT2D eigenvalue weighted by atomic mass is 16.6. The van der Waals surface area contributed by atoms with Crippen molar-refractivity contribution >= 4 is 5.97 Å². The van der Waals surface area contributed by atoms with Crippen molar-refractivity contribution in [1.82, 2.24) is 0 Å². The van der Waals surface area contributed by atoms with Crippen LogP contribution in [0.1, 0.15) is 41.5 Å². The minimum atomic E-state index is -0.565. The number of nitriles is 1. The topological polar surface area (TPSA) is 50.1 Å². The molecule has 0 aliphatic heterocycles. The van der Waals surface area contributed by atoms with E-state index in [2.05, 4.69) is 0 Å². The lowest BCUT2D eigenvalue weighted by Crippen LogP contribution is -2.25. The highest BCUT2D eigenvalue weighted by Gasteiger charge is 2.21. The highest BCUT2D eigenvalue weighted by molar-refractivity contribution is 5.93. The quantitative estimate of drug-likeness (QED) is 0.379. The van der Waals surface area contributed by atoms with Crippen LogP contribution in [0, 0.1) is 16.7 Å². The van der Waals surface area contributed by atoms with Crippen molar-refractivity contribution in [2.24, 2.45) is 5.41 Å². The lowest BCUT2D eigenvalue weighted by molar-refractivity contribution is -0.149. The molecule has 0 aromatic heterocycles. The monoisotopic (exact) mass is 209 g/mol. The summed E-state index contributed by atoms with van der Waals surface area (Å²) < 4.78 is 5.11. The molecule has 0 atom stereocenters. The fourth-order valence-corrected chi connectivity index (χ4v) is 0.903. The van der Waals surface area contributed by atoms with Crippen LogP contribution in [0.4, 0.5) is 0 Å². The van der Waals surface area contributed by atoms with E-state index < -0.39 is 11.6 Å². The summed E-state index contributed by atoms with van der Waals surface area (Å²) in [6, 6.07) is 1.87. The normalized spacial score (nSPS) is 13.3. The van der Waals surface area contributed by atoms with E-state index in [9.17, 15) is 4.79 Å². The first kappa shape index (κ1) is 13.7. The van der Waals surface area contributed by atoms with Crippen molar-refractivity contribution in [1.29, 1.82) is 5.26 Å². The molecular weight excluding hydrogens is 190 g/mol. The average molecular weight is 209 g/mol. The molecule has 0 radical (unpaired) electrons. The van der Waals surface area contributed by atoms with E-state index in [0.29, 0.717) is 0 Å². The zero-order valence-corrected chi connectivity index (χ0v) is 10.3. The molecule has 0 spiro atoms. The molecule has 3 heteroatoms. The molecule has 3 nitrogen and oxygen atoms in total. The average Bonchev–Trinajstić information content (AvgIpc) is 1.94. The van der Waals surface area contributed by atoms with Crippen LogP contribution in [-0.4, -0.2) is 11.6 Å². The third-order valence-corrected chi connectivity index (χ3v) is 1.32. The van der Waals surface area contributed by atoms with Crippen molar-refractivity contribution in [3.05, 3.63) is 11.6 Å². The molecule has 0 aromatic rings. The first-order valence-electron chi connectivity index (χ1n) is 4.91. The van der Waals surface area contributed by atoms with Gasteiger partial charge in [-0.15, -0.1) is 0 Å². The second kappa shape index (κ2) is 4.48. The van der Waals surface area contributed by atoms with Crippen LogP contribution in [0.3, 0.4) is 0 Å². The molecule has 0 aliphatic rings. The molecule has 0 N–H and O–H groups in total. The maximum absolute atomic E-state index is 11.6. The Kier molecular flexibility index (Phi) is 4.09. The fourth-order valence-electron chi connectivity index (χ4n) is 0.903. The van der Waals surface area contributed by atoms with Gasteiger partial charge in [-0.2, -0.15) is 5.26 Å². The number of esters is 1. The van der Waals surface area contributed by atoms with Crippen molar-refractivity contribution in [2.75, 3.05) is 0 Å². The van der Waals surface area contributed by atoms with E-state index in [1.807, 2.05) is 26.8 Å². The summed E-state index contributed by atoms with van der Waals surface area (Å²) in [4.78, 5) is 11.6. The third-order valence-electron chi connectivity index (χ3n) is 1.32. The minimum Gasteiger partial charge on any atom is -0.456 e. The molecular formula is C12H19NO2. The van der Waals surface area contributed by atoms with Crippen LogP contribution in [0.5, 0.6) is 0 Å². The van der Waals surface area contributed by atoms with E-state index in [0.717, 1.165) is 0 Å². The Labute approximate surface area is 91.7 Å². The zero-order valence-electron chi connectivity index (χ0n) is 10.3. The SMILES string of the molecule is CC(C)(C)/C=C(\C#N)C(=O)OC(C)(C)C. The van der Waals surface area contributed by atoms with Crippen LogP contribution in [-0.2, 0) is 9.53 Å². The number of carbonyl (C=O) groups is 1. The summed E-state index contributed by atoms with van der Waals surface area (Å²) >= 11 is 0. The van der Waals surface area contributed by atoms with Gasteiger partial charge in [-0.3, -0.25) is 0 Å². The summed E-state index contributed by atoms with van der Waals surface area (Å²) in [5, 5.41) is 8.84. The second-order valence-electron chi connectivity index (χ2n) is 5.54. The van der Waals surface area contributed by atoms with Crippen LogP contribution in [0.2, 0.25) is 0 Å². The number of hydrogen-bond donors (Lipinski definition) is 0. The molecule has 0 aliphatic carbocycles. The van der Waals surface area contributed by atoms with Crippen molar-refractivity contribution < 1.29 is 9.53 Å². The molecule has 0 rings (SSSR count). The molecule has 0 bridgehead atoms. The largest absolute Gasteiger partial charge is 0.456 e. The molecule has 15 heavy (non-hydrogen) atoms. The van der Waals surface area contributed by atoms with Gasteiger partial charge in [-0.05, 0) is 26.2 Å². The van der Waals surface area contributed by atoms with Gasteiger partial charge in [0.05, 0.1) is 0 Å². The predicted octanol–water partition coefficient (Wildman–Crippen LogP) is 2.82. The zero-order chi connectivity index (χ0) is 12.3. The van der Waals surface area contributed by atoms with E-state index in [1.54, 1.807) is 26.8 Å². The molecule has 0 saturated carbocycles. The lowest BCUT2D eigenvalue weighted by atomic mass is 9.94. The Bertz CT molecular complexity index is 308. The molecule has 84 valence electrons. The summed E-state index contributed by atoms with van der Waals surface area (Å²) in [5.41, 5.74) is -0.704. The van der Waals surface area contributed by atoms with Crippen LogP contribution >= 0.6 is 0 Å². The standard InChI is InChI=1S/C12H19NO2/c1-11(2,3)7-9(8-13)10(14)15-12(4,5)6/h7H,1-6H3/b9-7+. The molecule has 0 unspecified atom stereocenters. The molecule has 0 amide bonds. The van der Waals surface area contributed by atoms with Crippen LogP contribution < -0.4 is 0 Å². The van der Waals surface area contributed by atoms with Gasteiger partial charge in [0.25, 0.3) is 0 Å². The van der Waals surface area contributed by atoms with Gasteiger partial charge < -0.3 is 4.74 Å². The summed E-state index contributed by atoms with van der Waals surface area (Å²) in [6.45, 7) is 11.1. The second-order valence-corrected chi connectivity index (χ2v) is 5.54. The fraction of sp³-hybridized carbons (Fsp3) is 0.667. The van der Waals surface area contributed by atoms with Gasteiger partial charge in [0.1, 0.15) is 17.2 Å². The number of carbonyl (C=O) groups excluding carboxylic acids is 1. The summed E-state index contributed by atoms with van der Waals surface area (Å²) in [7, 11) is 0. The third kappa shape index (κ3) is 6.73. The number of nitrogens with zero attached hydrogens (tertiary/aromatic N) is 1. The lowest BCUT2D eigenvalue weighted by Gasteiger charge is -2.20. The number of hydrogen-bond acceptors (Lipinski definition) is 3. The Morgan fingerprint density at radius 3 is 1.93 bits per heavy atom. The van der Waals surface area contributed by atoms with E-state index >= 15 is 0 Å². The summed E-state index contributed by atoms with van der Waals surface area (Å²) in [6.07, 6.45) is 1.63.